The number of aromatic nitrogens is 3. The highest BCUT2D eigenvalue weighted by molar-refractivity contribution is 6.32. The molecule has 0 saturated carbocycles. The number of carbonyl (C=O) groups excluding carboxylic acids is 1. The second-order valence-corrected chi connectivity index (χ2v) is 8.09. The molecule has 0 fully saturated rings. The molecule has 4 aromatic rings. The molecule has 2 aromatic heterocycles. The fraction of sp³-hybridized carbons (Fsp3) is 0.292. The number of carbonyl (C=O) groups is 1. The van der Waals surface area contributed by atoms with Crippen LogP contribution in [0.25, 0.3) is 33.7 Å². The van der Waals surface area contributed by atoms with Crippen molar-refractivity contribution in [2.45, 2.75) is 33.4 Å². The average molecular weight is 469 g/mol. The zero-order chi connectivity index (χ0) is 23.4. The largest absolute Gasteiger partial charge is 0.489 e. The zero-order valence-corrected chi connectivity index (χ0v) is 19.4. The Labute approximate surface area is 196 Å². The lowest BCUT2D eigenvalue weighted by molar-refractivity contribution is -0.142. The summed E-state index contributed by atoms with van der Waals surface area (Å²) in [6, 6.07) is 11.2. The van der Waals surface area contributed by atoms with Crippen LogP contribution < -0.4 is 10.1 Å². The first-order valence-corrected chi connectivity index (χ1v) is 11.1. The Bertz CT molecular complexity index is 1260. The molecule has 0 aliphatic heterocycles. The molecule has 9 heteroatoms. The third-order valence-electron chi connectivity index (χ3n) is 4.90. The van der Waals surface area contributed by atoms with Crippen LogP contribution in [0, 0.1) is 0 Å². The minimum atomic E-state index is -0.277. The summed E-state index contributed by atoms with van der Waals surface area (Å²) in [6.45, 7) is 6.70. The van der Waals surface area contributed by atoms with Gasteiger partial charge in [-0.15, -0.1) is 0 Å². The van der Waals surface area contributed by atoms with E-state index in [0.717, 1.165) is 22.0 Å². The molecule has 8 nitrogen and oxygen atoms in total. The molecular formula is C24H25ClN4O4. The summed E-state index contributed by atoms with van der Waals surface area (Å²) < 4.78 is 16.1. The number of ether oxygens (including phenoxy) is 2. The molecule has 4 rings (SSSR count). The van der Waals surface area contributed by atoms with Gasteiger partial charge in [-0.3, -0.25) is 4.79 Å². The van der Waals surface area contributed by atoms with Crippen LogP contribution >= 0.6 is 11.6 Å². The van der Waals surface area contributed by atoms with Crippen LogP contribution in [0.5, 0.6) is 5.75 Å². The Morgan fingerprint density at radius 2 is 2.12 bits per heavy atom. The predicted molar refractivity (Wildman–Crippen MR) is 126 cm³/mol. The van der Waals surface area contributed by atoms with E-state index in [4.69, 9.17) is 25.6 Å². The van der Waals surface area contributed by atoms with Gasteiger partial charge in [0.2, 0.25) is 5.82 Å². The fourth-order valence-corrected chi connectivity index (χ4v) is 3.71. The van der Waals surface area contributed by atoms with Gasteiger partial charge < -0.3 is 24.3 Å². The molecule has 0 amide bonds. The summed E-state index contributed by atoms with van der Waals surface area (Å²) in [5.41, 5.74) is 3.42. The van der Waals surface area contributed by atoms with E-state index in [1.807, 2.05) is 44.3 Å². The lowest BCUT2D eigenvalue weighted by Crippen LogP contribution is -2.24. The van der Waals surface area contributed by atoms with E-state index >= 15 is 0 Å². The number of nitrogens with one attached hydrogen (secondary N) is 2. The third-order valence-corrected chi connectivity index (χ3v) is 5.20. The molecule has 0 atom stereocenters. The highest BCUT2D eigenvalue weighted by Gasteiger charge is 2.16. The summed E-state index contributed by atoms with van der Waals surface area (Å²) in [6.07, 6.45) is 1.93. The van der Waals surface area contributed by atoms with Crippen LogP contribution in [0.15, 0.2) is 47.1 Å². The normalized spacial score (nSPS) is 11.3. The summed E-state index contributed by atoms with van der Waals surface area (Å²) in [5.74, 6) is 1.15. The van der Waals surface area contributed by atoms with Gasteiger partial charge >= 0.3 is 5.97 Å². The first kappa shape index (κ1) is 22.8. The van der Waals surface area contributed by atoms with Crippen molar-refractivity contribution in [3.63, 3.8) is 0 Å². The molecule has 0 aliphatic rings. The molecule has 2 N–H and O–H groups in total. The lowest BCUT2D eigenvalue weighted by atomic mass is 10.1. The van der Waals surface area contributed by atoms with Gasteiger partial charge in [-0.25, -0.2) is 0 Å². The van der Waals surface area contributed by atoms with Crippen LogP contribution in [0.4, 0.5) is 0 Å². The Balaban J connectivity index is 1.55. The number of rotatable bonds is 9. The van der Waals surface area contributed by atoms with Gasteiger partial charge in [-0.2, -0.15) is 4.98 Å². The standard InChI is InChI=1S/C24H25ClN4O4/c1-4-31-21(30)13-26-11-16-12-27-22-17(16)6-5-7-18(22)23-28-24(33-29-23)15-8-9-20(19(25)10-15)32-14(2)3/h5-10,12,14,26-27H,4,11,13H2,1-3H3. The van der Waals surface area contributed by atoms with Crippen LogP contribution in [0.3, 0.4) is 0 Å². The van der Waals surface area contributed by atoms with E-state index in [1.54, 1.807) is 19.1 Å². The number of esters is 1. The molecule has 2 aromatic carbocycles. The van der Waals surface area contributed by atoms with Gasteiger partial charge in [0, 0.05) is 29.3 Å². The maximum atomic E-state index is 11.5. The quantitative estimate of drug-likeness (QED) is 0.334. The van der Waals surface area contributed by atoms with E-state index in [0.29, 0.717) is 41.2 Å². The van der Waals surface area contributed by atoms with Gasteiger partial charge in [0.25, 0.3) is 5.89 Å². The number of hydrogen-bond acceptors (Lipinski definition) is 7. The van der Waals surface area contributed by atoms with Crippen molar-refractivity contribution in [1.82, 2.24) is 20.4 Å². The van der Waals surface area contributed by atoms with Crippen molar-refractivity contribution >= 4 is 28.5 Å². The molecule has 0 spiro atoms. The molecule has 172 valence electrons. The van der Waals surface area contributed by atoms with Crippen molar-refractivity contribution < 1.29 is 18.8 Å². The maximum absolute atomic E-state index is 11.5. The van der Waals surface area contributed by atoms with E-state index in [1.165, 1.54) is 0 Å². The van der Waals surface area contributed by atoms with Gasteiger partial charge in [0.15, 0.2) is 0 Å². The maximum Gasteiger partial charge on any atom is 0.319 e. The number of hydrogen-bond donors (Lipinski definition) is 2. The molecular weight excluding hydrogens is 444 g/mol. The number of aromatic amines is 1. The minimum Gasteiger partial charge on any atom is -0.489 e. The van der Waals surface area contributed by atoms with Crippen molar-refractivity contribution in [3.05, 3.63) is 53.2 Å². The van der Waals surface area contributed by atoms with Crippen LogP contribution in [0.2, 0.25) is 5.02 Å². The number of halogens is 1. The van der Waals surface area contributed by atoms with Crippen molar-refractivity contribution in [2.75, 3.05) is 13.2 Å². The Kier molecular flexibility index (Phi) is 6.96. The fourth-order valence-electron chi connectivity index (χ4n) is 3.49. The minimum absolute atomic E-state index is 0.0231. The molecule has 0 unspecified atom stereocenters. The summed E-state index contributed by atoms with van der Waals surface area (Å²) in [7, 11) is 0. The van der Waals surface area contributed by atoms with Crippen molar-refractivity contribution in [1.29, 1.82) is 0 Å². The highest BCUT2D eigenvalue weighted by Crippen LogP contribution is 2.33. The first-order chi connectivity index (χ1) is 16.0. The Morgan fingerprint density at radius 1 is 1.27 bits per heavy atom. The SMILES string of the molecule is CCOC(=O)CNCc1c[nH]c2c(-c3noc(-c4ccc(OC(C)C)c(Cl)c4)n3)cccc12. The zero-order valence-electron chi connectivity index (χ0n) is 18.6. The summed E-state index contributed by atoms with van der Waals surface area (Å²) >= 11 is 6.35. The molecule has 0 bridgehead atoms. The van der Waals surface area contributed by atoms with Gasteiger partial charge in [0.05, 0.1) is 29.8 Å². The van der Waals surface area contributed by atoms with Crippen LogP contribution in [-0.2, 0) is 16.1 Å². The van der Waals surface area contributed by atoms with Crippen molar-refractivity contribution in [3.8, 4) is 28.6 Å². The Morgan fingerprint density at radius 3 is 2.88 bits per heavy atom. The number of fused-ring (bicyclic) bond motifs is 1. The Hall–Kier alpha value is -3.36. The van der Waals surface area contributed by atoms with E-state index in [-0.39, 0.29) is 18.6 Å². The van der Waals surface area contributed by atoms with Gasteiger partial charge in [0.1, 0.15) is 5.75 Å². The molecule has 33 heavy (non-hydrogen) atoms. The second kappa shape index (κ2) is 10.1. The van der Waals surface area contributed by atoms with Gasteiger partial charge in [-0.05, 0) is 50.6 Å². The molecule has 0 aliphatic carbocycles. The summed E-state index contributed by atoms with van der Waals surface area (Å²) in [4.78, 5) is 19.4. The number of nitrogens with zero attached hydrogens (tertiary/aromatic N) is 2. The molecule has 2 heterocycles. The summed E-state index contributed by atoms with van der Waals surface area (Å²) in [5, 5.41) is 8.76. The molecule has 0 saturated heterocycles. The van der Waals surface area contributed by atoms with E-state index < -0.39 is 0 Å². The average Bonchev–Trinajstić information content (AvgIpc) is 3.43. The van der Waals surface area contributed by atoms with E-state index in [9.17, 15) is 4.79 Å². The van der Waals surface area contributed by atoms with Crippen LogP contribution in [0.1, 0.15) is 26.3 Å². The van der Waals surface area contributed by atoms with Crippen LogP contribution in [-0.4, -0.2) is 40.3 Å². The third kappa shape index (κ3) is 5.18. The molecule has 0 radical (unpaired) electrons. The smallest absolute Gasteiger partial charge is 0.319 e. The topological polar surface area (TPSA) is 102 Å². The highest BCUT2D eigenvalue weighted by atomic mass is 35.5. The number of benzene rings is 2. The number of para-hydroxylation sites is 1. The first-order valence-electron chi connectivity index (χ1n) is 10.7. The monoisotopic (exact) mass is 468 g/mol. The second-order valence-electron chi connectivity index (χ2n) is 7.69. The predicted octanol–water partition coefficient (Wildman–Crippen LogP) is 4.98. The van der Waals surface area contributed by atoms with Crippen molar-refractivity contribution in [2.24, 2.45) is 0 Å². The lowest BCUT2D eigenvalue weighted by Gasteiger charge is -2.11. The number of H-pyrrole nitrogens is 1. The van der Waals surface area contributed by atoms with Gasteiger partial charge in [-0.1, -0.05) is 28.9 Å². The van der Waals surface area contributed by atoms with E-state index in [2.05, 4.69) is 20.4 Å².